The van der Waals surface area contributed by atoms with Crippen molar-refractivity contribution in [2.75, 3.05) is 18.1 Å². The third-order valence-corrected chi connectivity index (χ3v) is 3.35. The molecule has 4 nitrogen and oxygen atoms in total. The fourth-order valence-corrected chi connectivity index (χ4v) is 2.34. The van der Waals surface area contributed by atoms with Gasteiger partial charge < -0.3 is 11.1 Å². The zero-order valence-corrected chi connectivity index (χ0v) is 11.2. The summed E-state index contributed by atoms with van der Waals surface area (Å²) in [7, 11) is 1.78. The lowest BCUT2D eigenvalue weighted by molar-refractivity contribution is 0.628. The molecule has 0 unspecified atom stereocenters. The van der Waals surface area contributed by atoms with Crippen molar-refractivity contribution in [2.45, 2.75) is 6.92 Å². The molecule has 3 rings (SSSR count). The van der Waals surface area contributed by atoms with Crippen molar-refractivity contribution in [1.29, 1.82) is 0 Å². The van der Waals surface area contributed by atoms with Gasteiger partial charge in [-0.1, -0.05) is 0 Å². The first-order chi connectivity index (χ1) is 9.58. The Labute approximate surface area is 116 Å². The minimum absolute atomic E-state index is 0.274. The molecule has 0 amide bonds. The van der Waals surface area contributed by atoms with E-state index in [1.807, 2.05) is 25.3 Å². The normalized spacial score (nSPS) is 10.9. The smallest absolute Gasteiger partial charge is 0.152 e. The second kappa shape index (κ2) is 4.52. The van der Waals surface area contributed by atoms with Crippen LogP contribution in [0.2, 0.25) is 0 Å². The Hall–Kier alpha value is -2.56. The van der Waals surface area contributed by atoms with Crippen molar-refractivity contribution in [1.82, 2.24) is 9.38 Å². The number of rotatable bonds is 2. The molecule has 20 heavy (non-hydrogen) atoms. The van der Waals surface area contributed by atoms with Gasteiger partial charge in [0.05, 0.1) is 0 Å². The van der Waals surface area contributed by atoms with Gasteiger partial charge in [0, 0.05) is 18.9 Å². The molecule has 3 aromatic rings. The Balaban J connectivity index is 2.21. The van der Waals surface area contributed by atoms with Gasteiger partial charge in [0.2, 0.25) is 0 Å². The SMILES string of the molecule is CNc1cc(F)cc(-c2ccc3nc(N)[c]n3c2)c1C. The summed E-state index contributed by atoms with van der Waals surface area (Å²) < 4.78 is 15.4. The number of halogens is 1. The maximum absolute atomic E-state index is 13.7. The lowest BCUT2D eigenvalue weighted by Crippen LogP contribution is -1.96. The molecule has 0 saturated carbocycles. The molecule has 2 aromatic heterocycles. The number of hydrogen-bond donors (Lipinski definition) is 2. The first-order valence-corrected chi connectivity index (χ1v) is 6.23. The lowest BCUT2D eigenvalue weighted by atomic mass is 10.0. The van der Waals surface area contributed by atoms with Crippen molar-refractivity contribution in [2.24, 2.45) is 0 Å². The number of hydrogen-bond acceptors (Lipinski definition) is 3. The molecule has 0 bridgehead atoms. The molecule has 0 saturated heterocycles. The van der Waals surface area contributed by atoms with Gasteiger partial charge in [-0.05, 0) is 47.9 Å². The zero-order valence-electron chi connectivity index (χ0n) is 11.2. The van der Waals surface area contributed by atoms with Gasteiger partial charge >= 0.3 is 0 Å². The predicted molar refractivity (Wildman–Crippen MR) is 78.1 cm³/mol. The van der Waals surface area contributed by atoms with Crippen LogP contribution in [-0.2, 0) is 0 Å². The summed E-state index contributed by atoms with van der Waals surface area (Å²) in [5.41, 5.74) is 9.82. The van der Waals surface area contributed by atoms with E-state index in [1.165, 1.54) is 12.1 Å². The first-order valence-electron chi connectivity index (χ1n) is 6.23. The van der Waals surface area contributed by atoms with E-state index in [9.17, 15) is 4.39 Å². The van der Waals surface area contributed by atoms with Crippen LogP contribution in [0.4, 0.5) is 15.9 Å². The van der Waals surface area contributed by atoms with Crippen molar-refractivity contribution in [3.8, 4) is 11.1 Å². The molecule has 0 aliphatic heterocycles. The zero-order chi connectivity index (χ0) is 14.3. The van der Waals surface area contributed by atoms with E-state index < -0.39 is 0 Å². The number of fused-ring (bicyclic) bond motifs is 1. The van der Waals surface area contributed by atoms with Gasteiger partial charge in [-0.25, -0.2) is 9.37 Å². The Kier molecular flexibility index (Phi) is 2.82. The fraction of sp³-hybridized carbons (Fsp3) is 0.133. The van der Waals surface area contributed by atoms with Crippen LogP contribution in [0.25, 0.3) is 16.8 Å². The van der Waals surface area contributed by atoms with Gasteiger partial charge in [0.25, 0.3) is 0 Å². The van der Waals surface area contributed by atoms with Gasteiger partial charge in [-0.2, -0.15) is 0 Å². The average molecular weight is 269 g/mol. The summed E-state index contributed by atoms with van der Waals surface area (Å²) in [5.74, 6) is 0.0678. The highest BCUT2D eigenvalue weighted by Gasteiger charge is 2.10. The van der Waals surface area contributed by atoms with Crippen LogP contribution in [0.3, 0.4) is 0 Å². The Bertz CT molecular complexity index is 792. The molecule has 101 valence electrons. The predicted octanol–water partition coefficient (Wildman–Crippen LogP) is 2.87. The number of nitrogens with one attached hydrogen (secondary N) is 1. The van der Waals surface area contributed by atoms with E-state index in [2.05, 4.69) is 16.5 Å². The molecule has 5 heteroatoms. The number of imidazole rings is 1. The Morgan fingerprint density at radius 1 is 1.35 bits per heavy atom. The molecule has 1 radical (unpaired) electrons. The summed E-state index contributed by atoms with van der Waals surface area (Å²) in [5, 5.41) is 3.00. The summed E-state index contributed by atoms with van der Waals surface area (Å²) >= 11 is 0. The quantitative estimate of drug-likeness (QED) is 0.752. The Morgan fingerprint density at radius 3 is 2.90 bits per heavy atom. The molecule has 2 heterocycles. The summed E-state index contributed by atoms with van der Waals surface area (Å²) in [6.07, 6.45) is 4.75. The van der Waals surface area contributed by atoms with Crippen molar-refractivity contribution in [3.63, 3.8) is 0 Å². The average Bonchev–Trinajstić information content (AvgIpc) is 2.80. The highest BCUT2D eigenvalue weighted by molar-refractivity contribution is 5.74. The monoisotopic (exact) mass is 269 g/mol. The standard InChI is InChI=1S/C15H14FN4/c1-9-12(5-11(16)6-13(9)18-2)10-3-4-15-19-14(17)8-20(15)7-10/h3-7,18H,17H2,1-2H3. The molecular formula is C15H14FN4. The van der Waals surface area contributed by atoms with Crippen LogP contribution in [-0.4, -0.2) is 16.4 Å². The highest BCUT2D eigenvalue weighted by atomic mass is 19.1. The number of nitrogens with zero attached hydrogens (tertiary/aromatic N) is 2. The number of nitrogens with two attached hydrogens (primary N) is 1. The summed E-state index contributed by atoms with van der Waals surface area (Å²) in [6.45, 7) is 1.96. The molecule has 3 N–H and O–H groups in total. The van der Waals surface area contributed by atoms with Crippen LogP contribution < -0.4 is 11.1 Å². The second-order valence-electron chi connectivity index (χ2n) is 4.63. The van der Waals surface area contributed by atoms with Crippen LogP contribution in [0.5, 0.6) is 0 Å². The van der Waals surface area contributed by atoms with Gasteiger partial charge in [-0.15, -0.1) is 0 Å². The number of pyridine rings is 1. The van der Waals surface area contributed by atoms with Crippen LogP contribution in [0, 0.1) is 18.9 Å². The third-order valence-electron chi connectivity index (χ3n) is 3.35. The van der Waals surface area contributed by atoms with Gasteiger partial charge in [0.15, 0.2) is 5.82 Å². The molecule has 0 fully saturated rings. The van der Waals surface area contributed by atoms with Crippen LogP contribution in [0.1, 0.15) is 5.56 Å². The van der Waals surface area contributed by atoms with E-state index in [-0.39, 0.29) is 5.82 Å². The van der Waals surface area contributed by atoms with Gasteiger partial charge in [-0.3, -0.25) is 4.40 Å². The number of nitrogen functional groups attached to an aromatic ring is 1. The molecule has 0 aliphatic carbocycles. The second-order valence-corrected chi connectivity index (χ2v) is 4.63. The third kappa shape index (κ3) is 1.97. The topological polar surface area (TPSA) is 55.3 Å². The summed E-state index contributed by atoms with van der Waals surface area (Å²) in [4.78, 5) is 4.12. The first kappa shape index (κ1) is 12.5. The fourth-order valence-electron chi connectivity index (χ4n) is 2.34. The van der Waals surface area contributed by atoms with E-state index in [0.29, 0.717) is 11.5 Å². The van der Waals surface area contributed by atoms with Crippen LogP contribution in [0.15, 0.2) is 30.5 Å². The van der Waals surface area contributed by atoms with Gasteiger partial charge in [0.1, 0.15) is 17.7 Å². The van der Waals surface area contributed by atoms with Crippen molar-refractivity contribution >= 4 is 17.2 Å². The minimum Gasteiger partial charge on any atom is -0.388 e. The summed E-state index contributed by atoms with van der Waals surface area (Å²) in [6, 6.07) is 6.75. The van der Waals surface area contributed by atoms with E-state index >= 15 is 0 Å². The van der Waals surface area contributed by atoms with Crippen molar-refractivity contribution in [3.05, 3.63) is 48.0 Å². The molecule has 1 aromatic carbocycles. The highest BCUT2D eigenvalue weighted by Crippen LogP contribution is 2.30. The molecule has 0 atom stereocenters. The minimum atomic E-state index is -0.274. The van der Waals surface area contributed by atoms with Crippen LogP contribution >= 0.6 is 0 Å². The van der Waals surface area contributed by atoms with Crippen molar-refractivity contribution < 1.29 is 4.39 Å². The lowest BCUT2D eigenvalue weighted by Gasteiger charge is -2.12. The molecule has 0 aliphatic rings. The molecular weight excluding hydrogens is 255 g/mol. The maximum atomic E-state index is 13.7. The van der Waals surface area contributed by atoms with E-state index in [4.69, 9.17) is 5.73 Å². The van der Waals surface area contributed by atoms with E-state index in [1.54, 1.807) is 11.4 Å². The van der Waals surface area contributed by atoms with E-state index in [0.717, 1.165) is 22.4 Å². The molecule has 0 spiro atoms. The number of aromatic nitrogens is 2. The Morgan fingerprint density at radius 2 is 2.15 bits per heavy atom. The number of benzene rings is 1. The largest absolute Gasteiger partial charge is 0.388 e. The maximum Gasteiger partial charge on any atom is 0.152 e. The number of anilines is 2.